The highest BCUT2D eigenvalue weighted by molar-refractivity contribution is 5.92. The Bertz CT molecular complexity index is 1810. The van der Waals surface area contributed by atoms with Crippen LogP contribution in [0, 0.1) is 13.8 Å². The maximum atomic E-state index is 12.3. The number of aryl methyl sites for hydroxylation is 2. The third kappa shape index (κ3) is 10.1. The summed E-state index contributed by atoms with van der Waals surface area (Å²) in [6.45, 7) is 3.67. The van der Waals surface area contributed by atoms with E-state index in [-0.39, 0.29) is 25.0 Å². The van der Waals surface area contributed by atoms with Crippen molar-refractivity contribution >= 4 is 47.5 Å². The van der Waals surface area contributed by atoms with Crippen LogP contribution in [-0.4, -0.2) is 49.4 Å². The fraction of sp³-hybridized carbons (Fsp3) is 0.154. The summed E-state index contributed by atoms with van der Waals surface area (Å²) in [6.07, 6.45) is 7.61. The molecule has 0 saturated heterocycles. The van der Waals surface area contributed by atoms with Crippen molar-refractivity contribution < 1.29 is 28.5 Å². The van der Waals surface area contributed by atoms with Gasteiger partial charge in [-0.2, -0.15) is 5.10 Å². The van der Waals surface area contributed by atoms with Crippen LogP contribution in [0.2, 0.25) is 0 Å². The molecule has 0 aliphatic rings. The van der Waals surface area contributed by atoms with Gasteiger partial charge >= 0.3 is 0 Å². The van der Waals surface area contributed by atoms with E-state index in [1.54, 1.807) is 26.4 Å². The molecule has 1 heterocycles. The first kappa shape index (κ1) is 34.1. The predicted octanol–water partition coefficient (Wildman–Crippen LogP) is 7.42. The van der Waals surface area contributed by atoms with Crippen molar-refractivity contribution in [1.82, 2.24) is 10.2 Å². The van der Waals surface area contributed by atoms with Crippen molar-refractivity contribution in [2.45, 2.75) is 13.8 Å². The van der Waals surface area contributed by atoms with Crippen LogP contribution in [0.5, 0.6) is 23.0 Å². The number of carbonyl (C=O) groups is 2. The lowest BCUT2D eigenvalue weighted by atomic mass is 10.1. The van der Waals surface area contributed by atoms with E-state index in [0.29, 0.717) is 34.4 Å². The molecule has 5 rings (SSSR count). The Morgan fingerprint density at radius 3 is 1.55 bits per heavy atom. The van der Waals surface area contributed by atoms with E-state index in [0.717, 1.165) is 33.6 Å². The monoisotopic (exact) mass is 658 g/mol. The minimum atomic E-state index is -0.265. The Kier molecular flexibility index (Phi) is 11.5. The molecule has 4 aromatic carbocycles. The minimum absolute atomic E-state index is 0.151. The maximum Gasteiger partial charge on any atom is 0.262 e. The Hall–Kier alpha value is -6.29. The molecular weight excluding hydrogens is 620 g/mol. The summed E-state index contributed by atoms with van der Waals surface area (Å²) < 4.78 is 22.4. The van der Waals surface area contributed by atoms with E-state index in [1.807, 2.05) is 117 Å². The molecule has 0 atom stereocenters. The third-order valence-electron chi connectivity index (χ3n) is 7.28. The molecule has 49 heavy (non-hydrogen) atoms. The molecule has 0 aliphatic heterocycles. The van der Waals surface area contributed by atoms with Gasteiger partial charge in [0.05, 0.1) is 25.6 Å². The number of hydrogen-bond donors (Lipinski definition) is 3. The Labute approximate surface area is 285 Å². The molecule has 0 bridgehead atoms. The molecule has 0 aliphatic carbocycles. The number of anilines is 2. The van der Waals surface area contributed by atoms with Gasteiger partial charge in [-0.05, 0) is 91.7 Å². The second-order valence-corrected chi connectivity index (χ2v) is 11.1. The Morgan fingerprint density at radius 2 is 1.08 bits per heavy atom. The summed E-state index contributed by atoms with van der Waals surface area (Å²) in [6, 6.07) is 28.0. The maximum absolute atomic E-state index is 12.3. The summed E-state index contributed by atoms with van der Waals surface area (Å²) in [5, 5.41) is 13.0. The van der Waals surface area contributed by atoms with Gasteiger partial charge in [-0.3, -0.25) is 14.7 Å². The average Bonchev–Trinajstić information content (AvgIpc) is 3.58. The van der Waals surface area contributed by atoms with Crippen molar-refractivity contribution in [2.75, 3.05) is 38.1 Å². The summed E-state index contributed by atoms with van der Waals surface area (Å²) in [5.74, 6) is 1.42. The van der Waals surface area contributed by atoms with Crippen LogP contribution < -0.4 is 29.6 Å². The molecule has 250 valence electrons. The van der Waals surface area contributed by atoms with Gasteiger partial charge in [-0.15, -0.1) is 0 Å². The van der Waals surface area contributed by atoms with Crippen LogP contribution in [0.4, 0.5) is 11.4 Å². The summed E-state index contributed by atoms with van der Waals surface area (Å²) in [7, 11) is 3.11. The summed E-state index contributed by atoms with van der Waals surface area (Å²) in [5.41, 5.74) is 6.93. The topological polar surface area (TPSA) is 124 Å². The molecule has 1 aromatic heterocycles. The number of aromatic amines is 1. The molecule has 0 fully saturated rings. The van der Waals surface area contributed by atoms with Gasteiger partial charge in [0.25, 0.3) is 11.8 Å². The highest BCUT2D eigenvalue weighted by atomic mass is 16.5. The van der Waals surface area contributed by atoms with Crippen LogP contribution in [0.15, 0.2) is 91.0 Å². The van der Waals surface area contributed by atoms with Crippen molar-refractivity contribution in [3.8, 4) is 23.0 Å². The number of carbonyl (C=O) groups excluding carboxylic acids is 2. The third-order valence-corrected chi connectivity index (χ3v) is 7.28. The van der Waals surface area contributed by atoms with E-state index in [2.05, 4.69) is 20.8 Å². The van der Waals surface area contributed by atoms with Gasteiger partial charge in [0.15, 0.2) is 36.2 Å². The van der Waals surface area contributed by atoms with Gasteiger partial charge in [-0.1, -0.05) is 59.7 Å². The number of nitrogens with zero attached hydrogens (tertiary/aromatic N) is 1. The molecule has 5 aromatic rings. The van der Waals surface area contributed by atoms with Gasteiger partial charge in [0, 0.05) is 11.4 Å². The Morgan fingerprint density at radius 1 is 0.612 bits per heavy atom. The van der Waals surface area contributed by atoms with Crippen LogP contribution in [0.25, 0.3) is 24.3 Å². The van der Waals surface area contributed by atoms with E-state index in [1.165, 1.54) is 0 Å². The second kappa shape index (κ2) is 16.5. The standard InChI is InChI=1S/C39H38N4O6/c1-26-5-13-30(14-6-26)40-38(44)24-48-34-19-11-28(21-36(34)46-3)9-17-32-23-33(43-42-32)18-10-29-12-20-35(37(22-29)47-4)49-25-39(45)41-31-15-7-27(2)8-16-31/h5-23H,24-25H2,1-4H3,(H,40,44)(H,41,45)(H,42,43)/b17-9+,18-10+. The van der Waals surface area contributed by atoms with E-state index in [4.69, 9.17) is 18.9 Å². The quantitative estimate of drug-likeness (QED) is 0.113. The second-order valence-electron chi connectivity index (χ2n) is 11.1. The lowest BCUT2D eigenvalue weighted by Gasteiger charge is -2.11. The number of nitrogens with one attached hydrogen (secondary N) is 3. The van der Waals surface area contributed by atoms with Gasteiger partial charge < -0.3 is 29.6 Å². The first-order valence-corrected chi connectivity index (χ1v) is 15.5. The molecule has 3 N–H and O–H groups in total. The molecule has 2 amide bonds. The van der Waals surface area contributed by atoms with Crippen molar-refractivity contribution in [3.05, 3.63) is 125 Å². The number of hydrogen-bond acceptors (Lipinski definition) is 7. The van der Waals surface area contributed by atoms with Crippen LogP contribution >= 0.6 is 0 Å². The number of benzene rings is 4. The molecule has 10 nitrogen and oxygen atoms in total. The summed E-state index contributed by atoms with van der Waals surface area (Å²) >= 11 is 0. The smallest absolute Gasteiger partial charge is 0.262 e. The van der Waals surface area contributed by atoms with Gasteiger partial charge in [0.1, 0.15) is 0 Å². The lowest BCUT2D eigenvalue weighted by molar-refractivity contribution is -0.118. The number of H-pyrrole nitrogens is 1. The zero-order chi connectivity index (χ0) is 34.6. The van der Waals surface area contributed by atoms with Crippen LogP contribution in [-0.2, 0) is 9.59 Å². The highest BCUT2D eigenvalue weighted by Crippen LogP contribution is 2.30. The fourth-order valence-electron chi connectivity index (χ4n) is 4.66. The van der Waals surface area contributed by atoms with E-state index >= 15 is 0 Å². The number of ether oxygens (including phenoxy) is 4. The first-order chi connectivity index (χ1) is 23.8. The first-order valence-electron chi connectivity index (χ1n) is 15.5. The predicted molar refractivity (Wildman–Crippen MR) is 193 cm³/mol. The largest absolute Gasteiger partial charge is 0.493 e. The number of aromatic nitrogens is 2. The number of rotatable bonds is 14. The molecule has 0 unspecified atom stereocenters. The average molecular weight is 659 g/mol. The zero-order valence-electron chi connectivity index (χ0n) is 27.8. The van der Waals surface area contributed by atoms with Crippen molar-refractivity contribution in [3.63, 3.8) is 0 Å². The normalized spacial score (nSPS) is 11.0. The molecule has 0 saturated carbocycles. The number of methoxy groups -OCH3 is 2. The highest BCUT2D eigenvalue weighted by Gasteiger charge is 2.10. The molecule has 0 radical (unpaired) electrons. The van der Waals surface area contributed by atoms with Gasteiger partial charge in [0.2, 0.25) is 0 Å². The summed E-state index contributed by atoms with van der Waals surface area (Å²) in [4.78, 5) is 24.7. The molecule has 10 heteroatoms. The SMILES string of the molecule is COc1cc(/C=C/c2cc(/C=C/c3ccc(OCC(=O)Nc4ccc(C)cc4)c(OC)c3)[nH]n2)ccc1OCC(=O)Nc1ccc(C)cc1. The van der Waals surface area contributed by atoms with Crippen LogP contribution in [0.1, 0.15) is 33.6 Å². The Balaban J connectivity index is 1.13. The zero-order valence-corrected chi connectivity index (χ0v) is 27.8. The minimum Gasteiger partial charge on any atom is -0.493 e. The van der Waals surface area contributed by atoms with Crippen LogP contribution in [0.3, 0.4) is 0 Å². The molecule has 0 spiro atoms. The molecular formula is C39H38N4O6. The van der Waals surface area contributed by atoms with E-state index < -0.39 is 0 Å². The van der Waals surface area contributed by atoms with Crippen molar-refractivity contribution in [1.29, 1.82) is 0 Å². The van der Waals surface area contributed by atoms with Crippen molar-refractivity contribution in [2.24, 2.45) is 0 Å². The lowest BCUT2D eigenvalue weighted by Crippen LogP contribution is -2.20. The fourth-order valence-corrected chi connectivity index (χ4v) is 4.66. The van der Waals surface area contributed by atoms with E-state index in [9.17, 15) is 9.59 Å². The number of amides is 2. The van der Waals surface area contributed by atoms with Gasteiger partial charge in [-0.25, -0.2) is 0 Å².